The molecule has 0 N–H and O–H groups in total. The number of likely N-dealkylation sites (tertiary alicyclic amines) is 1. The third-order valence-electron chi connectivity index (χ3n) is 3.43. The van der Waals surface area contributed by atoms with Gasteiger partial charge in [0.05, 0.1) is 6.04 Å². The molecule has 1 saturated heterocycles. The lowest BCUT2D eigenvalue weighted by Crippen LogP contribution is -2.30. The van der Waals surface area contributed by atoms with E-state index in [2.05, 4.69) is 22.4 Å². The highest BCUT2D eigenvalue weighted by Crippen LogP contribution is 2.30. The van der Waals surface area contributed by atoms with Crippen molar-refractivity contribution in [2.45, 2.75) is 45.1 Å². The summed E-state index contributed by atoms with van der Waals surface area (Å²) in [4.78, 5) is 15.3. The molecular weight excluding hydrogens is 230 g/mol. The smallest absolute Gasteiger partial charge is 0.131 e. The Labute approximate surface area is 108 Å². The summed E-state index contributed by atoms with van der Waals surface area (Å²) in [7, 11) is 0. The van der Waals surface area contributed by atoms with Crippen LogP contribution in [0, 0.1) is 0 Å². The molecule has 0 aromatic carbocycles. The minimum atomic E-state index is 0.299. The first-order valence-electron chi connectivity index (χ1n) is 6.54. The summed E-state index contributed by atoms with van der Waals surface area (Å²) < 4.78 is 0. The highest BCUT2D eigenvalue weighted by atomic mass is 32.1. The summed E-state index contributed by atoms with van der Waals surface area (Å²) in [5.74, 6) is 0.299. The molecule has 94 valence electrons. The van der Waals surface area contributed by atoms with Crippen LogP contribution in [0.2, 0.25) is 0 Å². The summed E-state index contributed by atoms with van der Waals surface area (Å²) in [6.45, 7) is 4.00. The van der Waals surface area contributed by atoms with E-state index in [4.69, 9.17) is 0 Å². The van der Waals surface area contributed by atoms with Crippen LogP contribution in [0.1, 0.15) is 49.9 Å². The van der Waals surface area contributed by atoms with E-state index in [1.807, 2.05) is 0 Å². The Morgan fingerprint density at radius 1 is 1.35 bits per heavy atom. The van der Waals surface area contributed by atoms with Crippen molar-refractivity contribution in [2.24, 2.45) is 0 Å². The SMILES string of the molecule is CC(=O)CC(c1cccs1)N1CCCCCC1. The van der Waals surface area contributed by atoms with Crippen LogP contribution in [-0.2, 0) is 4.79 Å². The summed E-state index contributed by atoms with van der Waals surface area (Å²) in [5, 5.41) is 2.11. The molecule has 0 radical (unpaired) electrons. The first-order valence-corrected chi connectivity index (χ1v) is 7.42. The normalized spacial score (nSPS) is 19.8. The molecule has 1 aliphatic heterocycles. The zero-order valence-electron chi connectivity index (χ0n) is 10.5. The Morgan fingerprint density at radius 2 is 2.06 bits per heavy atom. The fraction of sp³-hybridized carbons (Fsp3) is 0.643. The predicted octanol–water partition coefficient (Wildman–Crippen LogP) is 3.64. The quantitative estimate of drug-likeness (QED) is 0.814. The van der Waals surface area contributed by atoms with Crippen molar-refractivity contribution in [3.05, 3.63) is 22.4 Å². The van der Waals surface area contributed by atoms with Crippen molar-refractivity contribution in [3.8, 4) is 0 Å². The van der Waals surface area contributed by atoms with E-state index < -0.39 is 0 Å². The topological polar surface area (TPSA) is 20.3 Å². The molecule has 2 rings (SSSR count). The number of carbonyl (C=O) groups excluding carboxylic acids is 1. The van der Waals surface area contributed by atoms with Crippen LogP contribution in [0.5, 0.6) is 0 Å². The molecule has 1 aromatic rings. The maximum atomic E-state index is 11.5. The predicted molar refractivity (Wildman–Crippen MR) is 72.4 cm³/mol. The van der Waals surface area contributed by atoms with E-state index in [-0.39, 0.29) is 0 Å². The summed E-state index contributed by atoms with van der Waals surface area (Å²) in [6, 6.07) is 4.58. The Balaban J connectivity index is 2.10. The van der Waals surface area contributed by atoms with Crippen molar-refractivity contribution >= 4 is 17.1 Å². The molecule has 1 aliphatic rings. The number of Topliss-reactive ketones (excluding diaryl/α,β-unsaturated/α-hetero) is 1. The monoisotopic (exact) mass is 251 g/mol. The lowest BCUT2D eigenvalue weighted by atomic mass is 10.1. The van der Waals surface area contributed by atoms with Gasteiger partial charge in [0.2, 0.25) is 0 Å². The van der Waals surface area contributed by atoms with Gasteiger partial charge in [-0.25, -0.2) is 0 Å². The zero-order chi connectivity index (χ0) is 12.1. The van der Waals surface area contributed by atoms with Gasteiger partial charge < -0.3 is 0 Å². The number of rotatable bonds is 4. The van der Waals surface area contributed by atoms with E-state index in [1.54, 1.807) is 18.3 Å². The van der Waals surface area contributed by atoms with E-state index in [0.717, 1.165) is 13.1 Å². The molecule has 0 spiro atoms. The van der Waals surface area contributed by atoms with Crippen LogP contribution in [0.25, 0.3) is 0 Å². The summed E-state index contributed by atoms with van der Waals surface area (Å²) in [6.07, 6.45) is 5.90. The van der Waals surface area contributed by atoms with Crippen molar-refractivity contribution in [1.29, 1.82) is 0 Å². The summed E-state index contributed by atoms with van der Waals surface area (Å²) in [5.41, 5.74) is 0. The van der Waals surface area contributed by atoms with E-state index in [1.165, 1.54) is 30.6 Å². The molecule has 3 heteroatoms. The highest BCUT2D eigenvalue weighted by Gasteiger charge is 2.23. The second-order valence-electron chi connectivity index (χ2n) is 4.89. The van der Waals surface area contributed by atoms with Crippen LogP contribution in [0.3, 0.4) is 0 Å². The van der Waals surface area contributed by atoms with Crippen molar-refractivity contribution in [2.75, 3.05) is 13.1 Å². The molecular formula is C14H21NOS. The number of thiophene rings is 1. The number of hydrogen-bond donors (Lipinski definition) is 0. The van der Waals surface area contributed by atoms with Crippen molar-refractivity contribution in [3.63, 3.8) is 0 Å². The lowest BCUT2D eigenvalue weighted by molar-refractivity contribution is -0.118. The van der Waals surface area contributed by atoms with Gasteiger partial charge in [-0.2, -0.15) is 0 Å². The van der Waals surface area contributed by atoms with Gasteiger partial charge >= 0.3 is 0 Å². The first-order chi connectivity index (χ1) is 8.27. The van der Waals surface area contributed by atoms with Gasteiger partial charge in [-0.3, -0.25) is 9.69 Å². The average Bonchev–Trinajstić information content (AvgIpc) is 2.68. The number of nitrogens with zero attached hydrogens (tertiary/aromatic N) is 1. The van der Waals surface area contributed by atoms with Gasteiger partial charge in [0.25, 0.3) is 0 Å². The van der Waals surface area contributed by atoms with E-state index in [0.29, 0.717) is 18.2 Å². The molecule has 0 saturated carbocycles. The van der Waals surface area contributed by atoms with E-state index >= 15 is 0 Å². The lowest BCUT2D eigenvalue weighted by Gasteiger charge is -2.29. The molecule has 1 atom stereocenters. The van der Waals surface area contributed by atoms with Crippen molar-refractivity contribution in [1.82, 2.24) is 4.90 Å². The standard InChI is InChI=1S/C14H21NOS/c1-12(16)11-13(14-7-6-10-17-14)15-8-4-2-3-5-9-15/h6-7,10,13H,2-5,8-9,11H2,1H3. The minimum Gasteiger partial charge on any atom is -0.300 e. The molecule has 0 aliphatic carbocycles. The Kier molecular flexibility index (Phi) is 4.75. The van der Waals surface area contributed by atoms with Crippen LogP contribution in [0.15, 0.2) is 17.5 Å². The van der Waals surface area contributed by atoms with Gasteiger partial charge in [-0.1, -0.05) is 18.9 Å². The minimum absolute atomic E-state index is 0.299. The number of carbonyl (C=O) groups is 1. The summed E-state index contributed by atoms with van der Waals surface area (Å²) >= 11 is 1.78. The third kappa shape index (κ3) is 3.65. The van der Waals surface area contributed by atoms with Crippen LogP contribution >= 0.6 is 11.3 Å². The third-order valence-corrected chi connectivity index (χ3v) is 4.41. The maximum absolute atomic E-state index is 11.5. The van der Waals surface area contributed by atoms with Gasteiger partial charge in [0, 0.05) is 11.3 Å². The van der Waals surface area contributed by atoms with Gasteiger partial charge in [-0.15, -0.1) is 11.3 Å². The molecule has 1 aromatic heterocycles. The second kappa shape index (κ2) is 6.31. The molecule has 2 nitrogen and oxygen atoms in total. The molecule has 1 fully saturated rings. The maximum Gasteiger partial charge on any atom is 0.131 e. The largest absolute Gasteiger partial charge is 0.300 e. The Morgan fingerprint density at radius 3 is 2.59 bits per heavy atom. The van der Waals surface area contributed by atoms with Crippen molar-refractivity contribution < 1.29 is 4.79 Å². The van der Waals surface area contributed by atoms with E-state index in [9.17, 15) is 4.79 Å². The van der Waals surface area contributed by atoms with Crippen LogP contribution in [0.4, 0.5) is 0 Å². The fourth-order valence-electron chi connectivity index (χ4n) is 2.57. The van der Waals surface area contributed by atoms with Gasteiger partial charge in [-0.05, 0) is 44.3 Å². The van der Waals surface area contributed by atoms with Crippen LogP contribution in [-0.4, -0.2) is 23.8 Å². The van der Waals surface area contributed by atoms with Gasteiger partial charge in [0.1, 0.15) is 5.78 Å². The molecule has 1 unspecified atom stereocenters. The molecule has 0 bridgehead atoms. The Hall–Kier alpha value is -0.670. The number of ketones is 1. The zero-order valence-corrected chi connectivity index (χ0v) is 11.3. The fourth-order valence-corrected chi connectivity index (χ4v) is 3.43. The number of hydrogen-bond acceptors (Lipinski definition) is 3. The second-order valence-corrected chi connectivity index (χ2v) is 5.87. The molecule has 0 amide bonds. The first kappa shape index (κ1) is 12.8. The molecule has 17 heavy (non-hydrogen) atoms. The van der Waals surface area contributed by atoms with Gasteiger partial charge in [0.15, 0.2) is 0 Å². The van der Waals surface area contributed by atoms with Crippen LogP contribution < -0.4 is 0 Å². The average molecular weight is 251 g/mol. The molecule has 2 heterocycles. The Bertz CT molecular complexity index is 339. The highest BCUT2D eigenvalue weighted by molar-refractivity contribution is 7.10.